The van der Waals surface area contributed by atoms with Gasteiger partial charge in [-0.15, -0.1) is 0 Å². The van der Waals surface area contributed by atoms with Crippen molar-refractivity contribution in [2.75, 3.05) is 10.6 Å². The highest BCUT2D eigenvalue weighted by molar-refractivity contribution is 6.34. The van der Waals surface area contributed by atoms with Crippen molar-refractivity contribution in [1.82, 2.24) is 20.3 Å². The molecule has 1 aromatic heterocycles. The van der Waals surface area contributed by atoms with Crippen molar-refractivity contribution in [3.05, 3.63) is 70.3 Å². The minimum atomic E-state index is -0.439. The van der Waals surface area contributed by atoms with Gasteiger partial charge < -0.3 is 21.2 Å². The third kappa shape index (κ3) is 5.90. The normalized spacial score (nSPS) is 17.4. The summed E-state index contributed by atoms with van der Waals surface area (Å²) < 4.78 is 0. The Kier molecular flexibility index (Phi) is 7.43. The summed E-state index contributed by atoms with van der Waals surface area (Å²) in [5.74, 6) is 0.600. The Morgan fingerprint density at radius 3 is 2.25 bits per heavy atom. The average Bonchev–Trinajstić information content (AvgIpc) is 2.81. The van der Waals surface area contributed by atoms with E-state index in [0.717, 1.165) is 0 Å². The quantitative estimate of drug-likeness (QED) is 0.293. The Hall–Kier alpha value is -2.91. The Morgan fingerprint density at radius 1 is 0.972 bits per heavy atom. The van der Waals surface area contributed by atoms with Crippen LogP contribution in [-0.4, -0.2) is 43.3 Å². The summed E-state index contributed by atoms with van der Waals surface area (Å²) in [5.41, 5.74) is 1.06. The summed E-state index contributed by atoms with van der Waals surface area (Å²) in [6, 6.07) is 14.3. The van der Waals surface area contributed by atoms with Crippen LogP contribution in [0, 0.1) is 0 Å². The number of amides is 1. The van der Waals surface area contributed by atoms with Crippen molar-refractivity contribution in [1.29, 1.82) is 0 Å². The van der Waals surface area contributed by atoms with Crippen molar-refractivity contribution >= 4 is 52.3 Å². The molecule has 0 spiro atoms. The lowest BCUT2D eigenvalue weighted by Gasteiger charge is -2.51. The predicted molar refractivity (Wildman–Crippen MR) is 144 cm³/mol. The maximum atomic E-state index is 12.9. The molecular formula is C26H30Cl2N6O2. The van der Waals surface area contributed by atoms with Crippen LogP contribution in [-0.2, 0) is 0 Å². The summed E-state index contributed by atoms with van der Waals surface area (Å²) in [4.78, 5) is 21.6. The van der Waals surface area contributed by atoms with Crippen LogP contribution in [0.5, 0.6) is 0 Å². The van der Waals surface area contributed by atoms with Crippen molar-refractivity contribution < 1.29 is 10.0 Å². The molecule has 0 radical (unpaired) electrons. The van der Waals surface area contributed by atoms with Gasteiger partial charge in [-0.25, -0.2) is 4.98 Å². The van der Waals surface area contributed by atoms with Crippen molar-refractivity contribution in [2.24, 2.45) is 0 Å². The zero-order chi connectivity index (χ0) is 26.1. The number of benzene rings is 2. The van der Waals surface area contributed by atoms with E-state index >= 15 is 0 Å². The number of hydrogen-bond acceptors (Lipinski definition) is 7. The minimum absolute atomic E-state index is 0.0461. The molecule has 2 aromatic carbocycles. The van der Waals surface area contributed by atoms with Crippen LogP contribution < -0.4 is 16.0 Å². The van der Waals surface area contributed by atoms with Gasteiger partial charge in [-0.05, 0) is 76.9 Å². The van der Waals surface area contributed by atoms with E-state index in [1.807, 2.05) is 45.9 Å². The molecule has 4 rings (SSSR count). The average molecular weight is 529 g/mol. The lowest BCUT2D eigenvalue weighted by molar-refractivity contribution is -0.245. The standard InChI is InChI=1S/C26H30Cl2N6O2/c1-25(2)13-18(14-26(3,4)34(25)36)30-23(35)16-9-11-17(12-10-16)31-24-29-15-20(28)22(33-24)32-21-8-6-5-7-19(21)27/h5-12,15,18,36H,13-14H2,1-4H3,(H,30,35)(H2,29,31,32,33). The lowest BCUT2D eigenvalue weighted by atomic mass is 9.79. The molecule has 4 N–H and O–H groups in total. The number of carbonyl (C=O) groups is 1. The molecule has 3 aromatic rings. The number of halogens is 2. The SMILES string of the molecule is CC1(C)CC(NC(=O)c2ccc(Nc3ncc(Cl)c(Nc4ccccc4Cl)n3)cc2)CC(C)(C)N1O. The van der Waals surface area contributed by atoms with Crippen LogP contribution in [0.15, 0.2) is 54.7 Å². The Bertz CT molecular complexity index is 1230. The molecule has 0 aliphatic carbocycles. The molecule has 1 aliphatic rings. The zero-order valence-electron chi connectivity index (χ0n) is 20.6. The number of nitrogens with one attached hydrogen (secondary N) is 3. The van der Waals surface area contributed by atoms with Crippen LogP contribution in [0.2, 0.25) is 10.0 Å². The molecular weight excluding hydrogens is 499 g/mol. The summed E-state index contributed by atoms with van der Waals surface area (Å²) in [7, 11) is 0. The van der Waals surface area contributed by atoms with E-state index in [9.17, 15) is 10.0 Å². The van der Waals surface area contributed by atoms with E-state index in [1.165, 1.54) is 11.3 Å². The first kappa shape index (κ1) is 26.2. The van der Waals surface area contributed by atoms with Crippen molar-refractivity contribution in [3.8, 4) is 0 Å². The lowest BCUT2D eigenvalue weighted by Crippen LogP contribution is -2.62. The highest BCUT2D eigenvalue weighted by atomic mass is 35.5. The number of rotatable bonds is 6. The van der Waals surface area contributed by atoms with E-state index in [-0.39, 0.29) is 11.9 Å². The third-order valence-corrected chi connectivity index (χ3v) is 6.85. The molecule has 190 valence electrons. The number of nitrogens with zero attached hydrogens (tertiary/aromatic N) is 3. The molecule has 36 heavy (non-hydrogen) atoms. The first-order valence-electron chi connectivity index (χ1n) is 11.7. The molecule has 0 unspecified atom stereocenters. The van der Waals surface area contributed by atoms with Gasteiger partial charge in [0.05, 0.1) is 16.9 Å². The minimum Gasteiger partial charge on any atom is -0.349 e. The number of hydrogen-bond donors (Lipinski definition) is 4. The van der Waals surface area contributed by atoms with Gasteiger partial charge in [-0.3, -0.25) is 4.79 Å². The van der Waals surface area contributed by atoms with Gasteiger partial charge in [-0.2, -0.15) is 10.0 Å². The molecule has 2 heterocycles. The van der Waals surface area contributed by atoms with Crippen LogP contribution >= 0.6 is 23.2 Å². The number of carbonyl (C=O) groups excluding carboxylic acids is 1. The molecule has 0 saturated carbocycles. The summed E-state index contributed by atoms with van der Waals surface area (Å²) in [6.45, 7) is 7.90. The summed E-state index contributed by atoms with van der Waals surface area (Å²) in [6.07, 6.45) is 2.80. The third-order valence-electron chi connectivity index (χ3n) is 6.25. The van der Waals surface area contributed by atoms with Crippen LogP contribution in [0.4, 0.5) is 23.1 Å². The van der Waals surface area contributed by atoms with Crippen molar-refractivity contribution in [2.45, 2.75) is 57.7 Å². The summed E-state index contributed by atoms with van der Waals surface area (Å²) in [5, 5.41) is 22.2. The van der Waals surface area contributed by atoms with Gasteiger partial charge in [0, 0.05) is 28.4 Å². The van der Waals surface area contributed by atoms with E-state index in [0.29, 0.717) is 51.6 Å². The van der Waals surface area contributed by atoms with Crippen molar-refractivity contribution in [3.63, 3.8) is 0 Å². The molecule has 1 fully saturated rings. The number of piperidine rings is 1. The van der Waals surface area contributed by atoms with Gasteiger partial charge in [0.1, 0.15) is 5.02 Å². The predicted octanol–water partition coefficient (Wildman–Crippen LogP) is 6.41. The van der Waals surface area contributed by atoms with Gasteiger partial charge in [0.15, 0.2) is 5.82 Å². The molecule has 0 bridgehead atoms. The Morgan fingerprint density at radius 2 is 1.61 bits per heavy atom. The van der Waals surface area contributed by atoms with Crippen LogP contribution in [0.25, 0.3) is 0 Å². The second-order valence-electron chi connectivity index (χ2n) is 10.2. The highest BCUT2D eigenvalue weighted by Crippen LogP contribution is 2.36. The van der Waals surface area contributed by atoms with Gasteiger partial charge in [0.2, 0.25) is 5.95 Å². The van der Waals surface area contributed by atoms with Crippen LogP contribution in [0.3, 0.4) is 0 Å². The number of aromatic nitrogens is 2. The maximum Gasteiger partial charge on any atom is 0.251 e. The largest absolute Gasteiger partial charge is 0.349 e. The zero-order valence-corrected chi connectivity index (χ0v) is 22.2. The Labute approximate surface area is 221 Å². The van der Waals surface area contributed by atoms with E-state index in [2.05, 4.69) is 25.9 Å². The smallest absolute Gasteiger partial charge is 0.251 e. The Balaban J connectivity index is 1.41. The van der Waals surface area contributed by atoms with Gasteiger partial charge in [0.25, 0.3) is 5.91 Å². The topological polar surface area (TPSA) is 102 Å². The molecule has 10 heteroatoms. The fraction of sp³-hybridized carbons (Fsp3) is 0.346. The first-order chi connectivity index (χ1) is 16.9. The molecule has 1 saturated heterocycles. The number of anilines is 4. The molecule has 1 aliphatic heterocycles. The second-order valence-corrected chi connectivity index (χ2v) is 11.0. The number of para-hydroxylation sites is 1. The summed E-state index contributed by atoms with van der Waals surface area (Å²) >= 11 is 12.5. The van der Waals surface area contributed by atoms with Gasteiger partial charge >= 0.3 is 0 Å². The first-order valence-corrected chi connectivity index (χ1v) is 12.4. The highest BCUT2D eigenvalue weighted by Gasteiger charge is 2.45. The second kappa shape index (κ2) is 10.2. The van der Waals surface area contributed by atoms with E-state index < -0.39 is 11.1 Å². The number of hydroxylamine groups is 2. The van der Waals surface area contributed by atoms with Gasteiger partial charge in [-0.1, -0.05) is 35.3 Å². The molecule has 8 nitrogen and oxygen atoms in total. The van der Waals surface area contributed by atoms with Crippen LogP contribution in [0.1, 0.15) is 50.9 Å². The molecule has 1 amide bonds. The van der Waals surface area contributed by atoms with E-state index in [4.69, 9.17) is 23.2 Å². The molecule has 0 atom stereocenters. The fourth-order valence-electron chi connectivity index (χ4n) is 4.68. The maximum absolute atomic E-state index is 12.9. The fourth-order valence-corrected chi connectivity index (χ4v) is 5.00. The van der Waals surface area contributed by atoms with E-state index in [1.54, 1.807) is 30.3 Å². The monoisotopic (exact) mass is 528 g/mol.